The third-order valence-corrected chi connectivity index (χ3v) is 2.21. The summed E-state index contributed by atoms with van der Waals surface area (Å²) in [6.45, 7) is 3.03. The molecule has 0 aliphatic rings. The molecule has 0 saturated carbocycles. The second kappa shape index (κ2) is 3.93. The van der Waals surface area contributed by atoms with Crippen molar-refractivity contribution in [2.75, 3.05) is 0 Å². The Balaban J connectivity index is 0.00000121. The van der Waals surface area contributed by atoms with Gasteiger partial charge < -0.3 is 8.97 Å². The van der Waals surface area contributed by atoms with Gasteiger partial charge in [-0.15, -0.1) is 0 Å². The van der Waals surface area contributed by atoms with Crippen molar-refractivity contribution in [3.63, 3.8) is 0 Å². The second-order valence-electron chi connectivity index (χ2n) is 2.23. The third kappa shape index (κ3) is 2.60. The van der Waals surface area contributed by atoms with Crippen LogP contribution in [0.5, 0.6) is 0 Å². The minimum atomic E-state index is -4.36. The predicted octanol–water partition coefficient (Wildman–Crippen LogP) is -2.20. The first-order valence-electron chi connectivity index (χ1n) is 2.94. The maximum absolute atomic E-state index is 10.5. The first-order valence-corrected chi connectivity index (χ1v) is 4.35. The second-order valence-corrected chi connectivity index (χ2v) is 3.58. The fraction of sp³-hybridized carbons (Fsp3) is 0.333. The molecule has 62 valence electrons. The van der Waals surface area contributed by atoms with Gasteiger partial charge in [0.15, 0.2) is 0 Å². The van der Waals surface area contributed by atoms with Crippen molar-refractivity contribution in [3.8, 4) is 0 Å². The van der Waals surface area contributed by atoms with Gasteiger partial charge in [-0.2, -0.15) is 0 Å². The van der Waals surface area contributed by atoms with E-state index in [0.717, 1.165) is 0 Å². The van der Waals surface area contributed by atoms with Gasteiger partial charge in [-0.05, 0) is 19.9 Å². The molecule has 1 aromatic rings. The van der Waals surface area contributed by atoms with Crippen LogP contribution in [0.4, 0.5) is 0 Å². The van der Waals surface area contributed by atoms with Crippen LogP contribution < -0.4 is 29.6 Å². The molecular formula is C6H7NaO4S. The molecule has 1 rings (SSSR count). The van der Waals surface area contributed by atoms with E-state index in [9.17, 15) is 13.0 Å². The molecule has 6 heteroatoms. The van der Waals surface area contributed by atoms with E-state index in [-0.39, 0.29) is 40.2 Å². The van der Waals surface area contributed by atoms with Gasteiger partial charge in [-0.1, -0.05) is 0 Å². The van der Waals surface area contributed by atoms with Gasteiger partial charge in [0.1, 0.15) is 21.6 Å². The first-order chi connectivity index (χ1) is 4.91. The molecule has 4 nitrogen and oxygen atoms in total. The zero-order valence-corrected chi connectivity index (χ0v) is 9.94. The summed E-state index contributed by atoms with van der Waals surface area (Å²) in [6.07, 6.45) is 0. The molecule has 0 unspecified atom stereocenters. The van der Waals surface area contributed by atoms with Gasteiger partial charge in [0.25, 0.3) is 0 Å². The summed E-state index contributed by atoms with van der Waals surface area (Å²) in [7, 11) is -4.36. The van der Waals surface area contributed by atoms with E-state index < -0.39 is 10.1 Å². The number of furan rings is 1. The molecule has 0 N–H and O–H groups in total. The number of hydrogen-bond acceptors (Lipinski definition) is 4. The molecule has 0 aromatic carbocycles. The van der Waals surface area contributed by atoms with Crippen LogP contribution >= 0.6 is 0 Å². The molecule has 0 saturated heterocycles. The zero-order valence-electron chi connectivity index (χ0n) is 7.12. The van der Waals surface area contributed by atoms with E-state index in [1.807, 2.05) is 0 Å². The standard InChI is InChI=1S/C6H8O4S.Na/c1-4-3-6(5(2)10-4)11(7,8)9;/h3H,1-2H3,(H,7,8,9);/q;+1/p-1. The summed E-state index contributed by atoms with van der Waals surface area (Å²) in [5.41, 5.74) is 0. The molecule has 0 bridgehead atoms. The fourth-order valence-electron chi connectivity index (χ4n) is 0.856. The molecule has 12 heavy (non-hydrogen) atoms. The van der Waals surface area contributed by atoms with Crippen LogP contribution in [0.15, 0.2) is 15.4 Å². The van der Waals surface area contributed by atoms with Crippen molar-refractivity contribution in [3.05, 3.63) is 17.6 Å². The maximum atomic E-state index is 10.5. The largest absolute Gasteiger partial charge is 1.00 e. The maximum Gasteiger partial charge on any atom is 1.00 e. The van der Waals surface area contributed by atoms with E-state index in [1.54, 1.807) is 6.92 Å². The van der Waals surface area contributed by atoms with Crippen molar-refractivity contribution in [1.29, 1.82) is 0 Å². The minimum Gasteiger partial charge on any atom is -0.744 e. The number of aryl methyl sites for hydroxylation is 2. The molecule has 0 fully saturated rings. The van der Waals surface area contributed by atoms with E-state index >= 15 is 0 Å². The van der Waals surface area contributed by atoms with Crippen LogP contribution in [0, 0.1) is 13.8 Å². The van der Waals surface area contributed by atoms with Gasteiger partial charge >= 0.3 is 29.6 Å². The molecule has 0 amide bonds. The van der Waals surface area contributed by atoms with E-state index in [2.05, 4.69) is 0 Å². The van der Waals surface area contributed by atoms with Crippen LogP contribution in [0.3, 0.4) is 0 Å². The van der Waals surface area contributed by atoms with E-state index in [4.69, 9.17) is 4.42 Å². The van der Waals surface area contributed by atoms with E-state index in [1.165, 1.54) is 13.0 Å². The topological polar surface area (TPSA) is 70.3 Å². The van der Waals surface area contributed by atoms with Crippen LogP contribution in [-0.2, 0) is 10.1 Å². The molecule has 0 aliphatic carbocycles. The Morgan fingerprint density at radius 2 is 1.92 bits per heavy atom. The predicted molar refractivity (Wildman–Crippen MR) is 36.1 cm³/mol. The quantitative estimate of drug-likeness (QED) is 0.379. The van der Waals surface area contributed by atoms with Crippen molar-refractivity contribution >= 4 is 10.1 Å². The minimum absolute atomic E-state index is 0. The van der Waals surface area contributed by atoms with Gasteiger partial charge in [-0.3, -0.25) is 0 Å². The molecule has 0 aliphatic heterocycles. The summed E-state index contributed by atoms with van der Waals surface area (Å²) in [5.74, 6) is 0.578. The monoisotopic (exact) mass is 198 g/mol. The molecule has 0 spiro atoms. The Morgan fingerprint density at radius 3 is 2.08 bits per heavy atom. The van der Waals surface area contributed by atoms with Crippen molar-refractivity contribution in [1.82, 2.24) is 0 Å². The van der Waals surface area contributed by atoms with Gasteiger partial charge in [0.05, 0.1) is 4.90 Å². The number of rotatable bonds is 1. The smallest absolute Gasteiger partial charge is 0.744 e. The molecule has 1 aromatic heterocycles. The average molecular weight is 198 g/mol. The normalized spacial score (nSPS) is 10.9. The van der Waals surface area contributed by atoms with Crippen LogP contribution in [0.2, 0.25) is 0 Å². The summed E-state index contributed by atoms with van der Waals surface area (Å²) in [6, 6.07) is 1.22. The molecule has 0 radical (unpaired) electrons. The Morgan fingerprint density at radius 1 is 1.42 bits per heavy atom. The Labute approximate surface area is 93.0 Å². The van der Waals surface area contributed by atoms with Crippen LogP contribution in [0.1, 0.15) is 11.5 Å². The number of hydrogen-bond donors (Lipinski definition) is 0. The zero-order chi connectivity index (χ0) is 8.65. The Kier molecular flexibility index (Phi) is 3.99. The van der Waals surface area contributed by atoms with Crippen LogP contribution in [-0.4, -0.2) is 13.0 Å². The summed E-state index contributed by atoms with van der Waals surface area (Å²) < 4.78 is 36.2. The van der Waals surface area contributed by atoms with Crippen LogP contribution in [0.25, 0.3) is 0 Å². The first kappa shape index (κ1) is 12.2. The molecular weight excluding hydrogens is 191 g/mol. The Bertz CT molecular complexity index is 365. The SMILES string of the molecule is Cc1cc(S(=O)(=O)[O-])c(C)o1.[Na+]. The van der Waals surface area contributed by atoms with Crippen molar-refractivity contribution < 1.29 is 46.9 Å². The summed E-state index contributed by atoms with van der Waals surface area (Å²) >= 11 is 0. The molecule has 1 heterocycles. The fourth-order valence-corrected chi connectivity index (χ4v) is 1.56. The van der Waals surface area contributed by atoms with E-state index in [0.29, 0.717) is 5.76 Å². The van der Waals surface area contributed by atoms with Gasteiger partial charge in [0, 0.05) is 0 Å². The van der Waals surface area contributed by atoms with Crippen molar-refractivity contribution in [2.45, 2.75) is 18.7 Å². The average Bonchev–Trinajstić information content (AvgIpc) is 2.08. The van der Waals surface area contributed by atoms with Gasteiger partial charge in [-0.25, -0.2) is 8.42 Å². The Hall–Kier alpha value is 0.190. The van der Waals surface area contributed by atoms with Crippen molar-refractivity contribution in [2.24, 2.45) is 0 Å². The van der Waals surface area contributed by atoms with Gasteiger partial charge in [0.2, 0.25) is 0 Å². The summed E-state index contributed by atoms with van der Waals surface area (Å²) in [5, 5.41) is 0. The molecule has 0 atom stereocenters. The summed E-state index contributed by atoms with van der Waals surface area (Å²) in [4.78, 5) is -0.269. The third-order valence-electron chi connectivity index (χ3n) is 1.26.